The predicted molar refractivity (Wildman–Crippen MR) is 72.4 cm³/mol. The molecule has 112 valence electrons. The van der Waals surface area contributed by atoms with Crippen molar-refractivity contribution in [2.45, 2.75) is 32.2 Å². The molecule has 0 spiro atoms. The van der Waals surface area contributed by atoms with Crippen LogP contribution in [0.1, 0.15) is 26.7 Å². The van der Waals surface area contributed by atoms with Crippen LogP contribution in [0.15, 0.2) is 18.2 Å². The zero-order valence-electron chi connectivity index (χ0n) is 11.7. The molecule has 0 saturated heterocycles. The van der Waals surface area contributed by atoms with Crippen molar-refractivity contribution < 1.29 is 18.3 Å². The van der Waals surface area contributed by atoms with Crippen molar-refractivity contribution in [2.75, 3.05) is 13.2 Å². The highest BCUT2D eigenvalue weighted by atomic mass is 19.2. The molecule has 1 rings (SSSR count). The lowest BCUT2D eigenvalue weighted by Crippen LogP contribution is -2.53. The maximum Gasteiger partial charge on any atom is 0.237 e. The summed E-state index contributed by atoms with van der Waals surface area (Å²) < 4.78 is 31.0. The maximum absolute atomic E-state index is 13.0. The average Bonchev–Trinajstić information content (AvgIpc) is 2.39. The average molecular weight is 286 g/mol. The lowest BCUT2D eigenvalue weighted by atomic mass is 9.95. The monoisotopic (exact) mass is 286 g/mol. The molecule has 1 aromatic carbocycles. The van der Waals surface area contributed by atoms with Crippen molar-refractivity contribution in [3.63, 3.8) is 0 Å². The van der Waals surface area contributed by atoms with Gasteiger partial charge in [0.1, 0.15) is 5.75 Å². The summed E-state index contributed by atoms with van der Waals surface area (Å²) >= 11 is 0. The van der Waals surface area contributed by atoms with Crippen LogP contribution in [0.4, 0.5) is 8.78 Å². The number of nitrogens with one attached hydrogen (secondary N) is 1. The molecule has 0 aromatic heterocycles. The summed E-state index contributed by atoms with van der Waals surface area (Å²) in [6.07, 6.45) is 1.06. The van der Waals surface area contributed by atoms with E-state index < -0.39 is 23.1 Å². The second-order valence-electron chi connectivity index (χ2n) is 4.75. The molecule has 1 aromatic rings. The Kier molecular flexibility index (Phi) is 5.88. The van der Waals surface area contributed by atoms with Gasteiger partial charge < -0.3 is 15.8 Å². The minimum absolute atomic E-state index is 0.258. The number of hydrogen-bond donors (Lipinski definition) is 2. The number of nitrogens with two attached hydrogens (primary N) is 1. The lowest BCUT2D eigenvalue weighted by Gasteiger charge is -2.26. The van der Waals surface area contributed by atoms with E-state index in [-0.39, 0.29) is 5.75 Å². The minimum atomic E-state index is -0.947. The highest BCUT2D eigenvalue weighted by Gasteiger charge is 2.29. The van der Waals surface area contributed by atoms with Gasteiger partial charge in [0.15, 0.2) is 11.6 Å². The standard InChI is InChI=1S/C14H20F2N2O2/c1-3-18-14(2,13(17)19)7-4-8-20-10-5-6-11(15)12(16)9-10/h5-6,9,18H,3-4,7-8H2,1-2H3,(H2,17,19). The molecule has 4 nitrogen and oxygen atoms in total. The SMILES string of the molecule is CCNC(C)(CCCOc1ccc(F)c(F)c1)C(N)=O. The number of amides is 1. The summed E-state index contributed by atoms with van der Waals surface area (Å²) in [5.41, 5.74) is 4.57. The van der Waals surface area contributed by atoms with Gasteiger partial charge in [-0.3, -0.25) is 4.79 Å². The summed E-state index contributed by atoms with van der Waals surface area (Å²) in [5, 5.41) is 3.03. The number of likely N-dealkylation sites (N-methyl/N-ethyl adjacent to an activating group) is 1. The van der Waals surface area contributed by atoms with E-state index in [9.17, 15) is 13.6 Å². The van der Waals surface area contributed by atoms with Gasteiger partial charge in [0, 0.05) is 6.07 Å². The topological polar surface area (TPSA) is 64.3 Å². The Balaban J connectivity index is 2.44. The van der Waals surface area contributed by atoms with Crippen molar-refractivity contribution in [1.82, 2.24) is 5.32 Å². The molecule has 0 saturated carbocycles. The maximum atomic E-state index is 13.0. The smallest absolute Gasteiger partial charge is 0.237 e. The first-order valence-corrected chi connectivity index (χ1v) is 6.52. The molecule has 0 bridgehead atoms. The van der Waals surface area contributed by atoms with Gasteiger partial charge in [0.05, 0.1) is 12.1 Å². The molecule has 0 radical (unpaired) electrons. The normalized spacial score (nSPS) is 13.8. The third-order valence-corrected chi connectivity index (χ3v) is 3.09. The van der Waals surface area contributed by atoms with E-state index in [1.807, 2.05) is 6.92 Å². The summed E-state index contributed by atoms with van der Waals surface area (Å²) in [5.74, 6) is -2.02. The number of benzene rings is 1. The summed E-state index contributed by atoms with van der Waals surface area (Å²) in [4.78, 5) is 11.4. The molecule has 0 aliphatic heterocycles. The highest BCUT2D eigenvalue weighted by molar-refractivity contribution is 5.84. The predicted octanol–water partition coefficient (Wildman–Crippen LogP) is 1.98. The van der Waals surface area contributed by atoms with Crippen molar-refractivity contribution >= 4 is 5.91 Å². The van der Waals surface area contributed by atoms with E-state index in [1.165, 1.54) is 6.07 Å². The van der Waals surface area contributed by atoms with Crippen LogP contribution >= 0.6 is 0 Å². The molecular formula is C14H20F2N2O2. The van der Waals surface area contributed by atoms with Crippen LogP contribution in [-0.2, 0) is 4.79 Å². The number of carbonyl (C=O) groups is 1. The van der Waals surface area contributed by atoms with E-state index in [0.717, 1.165) is 12.1 Å². The van der Waals surface area contributed by atoms with E-state index in [0.29, 0.717) is 26.0 Å². The van der Waals surface area contributed by atoms with Crippen LogP contribution in [0.3, 0.4) is 0 Å². The molecule has 1 unspecified atom stereocenters. The molecule has 0 fully saturated rings. The number of halogens is 2. The van der Waals surface area contributed by atoms with Crippen molar-refractivity contribution in [1.29, 1.82) is 0 Å². The Morgan fingerprint density at radius 1 is 1.40 bits per heavy atom. The van der Waals surface area contributed by atoms with E-state index in [4.69, 9.17) is 10.5 Å². The van der Waals surface area contributed by atoms with Gasteiger partial charge in [0.2, 0.25) is 5.91 Å². The molecule has 0 aliphatic carbocycles. The molecule has 1 amide bonds. The zero-order chi connectivity index (χ0) is 15.2. The van der Waals surface area contributed by atoms with Crippen molar-refractivity contribution in [3.8, 4) is 5.75 Å². The Bertz CT molecular complexity index is 468. The zero-order valence-corrected chi connectivity index (χ0v) is 11.7. The van der Waals surface area contributed by atoms with Crippen molar-refractivity contribution in [3.05, 3.63) is 29.8 Å². The third-order valence-electron chi connectivity index (χ3n) is 3.09. The molecule has 1 atom stereocenters. The first-order chi connectivity index (χ1) is 9.39. The molecule has 6 heteroatoms. The van der Waals surface area contributed by atoms with Gasteiger partial charge >= 0.3 is 0 Å². The molecule has 20 heavy (non-hydrogen) atoms. The molecule has 0 aliphatic rings. The van der Waals surface area contributed by atoms with Crippen LogP contribution in [0.2, 0.25) is 0 Å². The Labute approximate surface area is 117 Å². The van der Waals surface area contributed by atoms with E-state index >= 15 is 0 Å². The number of carbonyl (C=O) groups excluding carboxylic acids is 1. The Morgan fingerprint density at radius 2 is 2.10 bits per heavy atom. The third kappa shape index (κ3) is 4.45. The van der Waals surface area contributed by atoms with Gasteiger partial charge in [-0.15, -0.1) is 0 Å². The summed E-state index contributed by atoms with van der Waals surface area (Å²) in [6, 6.07) is 3.36. The van der Waals surface area contributed by atoms with Crippen LogP contribution in [0, 0.1) is 11.6 Å². The van der Waals surface area contributed by atoms with Crippen LogP contribution in [0.5, 0.6) is 5.75 Å². The minimum Gasteiger partial charge on any atom is -0.493 e. The van der Waals surface area contributed by atoms with Gasteiger partial charge in [-0.1, -0.05) is 6.92 Å². The fraction of sp³-hybridized carbons (Fsp3) is 0.500. The van der Waals surface area contributed by atoms with Crippen LogP contribution < -0.4 is 15.8 Å². The molecule has 0 heterocycles. The first kappa shape index (κ1) is 16.4. The van der Waals surface area contributed by atoms with Gasteiger partial charge in [-0.2, -0.15) is 0 Å². The van der Waals surface area contributed by atoms with E-state index in [1.54, 1.807) is 6.92 Å². The lowest BCUT2D eigenvalue weighted by molar-refractivity contribution is -0.124. The summed E-state index contributed by atoms with van der Waals surface area (Å²) in [7, 11) is 0. The van der Waals surface area contributed by atoms with Gasteiger partial charge in [0.25, 0.3) is 0 Å². The first-order valence-electron chi connectivity index (χ1n) is 6.52. The van der Waals surface area contributed by atoms with Gasteiger partial charge in [-0.05, 0) is 38.4 Å². The number of primary amides is 1. The Morgan fingerprint density at radius 3 is 2.65 bits per heavy atom. The van der Waals surface area contributed by atoms with Crippen LogP contribution in [-0.4, -0.2) is 24.6 Å². The quantitative estimate of drug-likeness (QED) is 0.718. The second kappa shape index (κ2) is 7.19. The van der Waals surface area contributed by atoms with Gasteiger partial charge in [-0.25, -0.2) is 8.78 Å². The number of ether oxygens (including phenoxy) is 1. The fourth-order valence-corrected chi connectivity index (χ4v) is 1.87. The van der Waals surface area contributed by atoms with Crippen LogP contribution in [0.25, 0.3) is 0 Å². The number of rotatable bonds is 8. The second-order valence-corrected chi connectivity index (χ2v) is 4.75. The largest absolute Gasteiger partial charge is 0.493 e. The Hall–Kier alpha value is -1.69. The highest BCUT2D eigenvalue weighted by Crippen LogP contribution is 2.17. The molecule has 3 N–H and O–H groups in total. The molecular weight excluding hydrogens is 266 g/mol. The fourth-order valence-electron chi connectivity index (χ4n) is 1.87. The van der Waals surface area contributed by atoms with E-state index in [2.05, 4.69) is 5.32 Å². The van der Waals surface area contributed by atoms with Crippen molar-refractivity contribution in [2.24, 2.45) is 5.73 Å². The number of hydrogen-bond acceptors (Lipinski definition) is 3. The summed E-state index contributed by atoms with van der Waals surface area (Å²) in [6.45, 7) is 4.54.